The molecular formula is C21H20O3S. The monoisotopic (exact) mass is 352 g/mol. The van der Waals surface area contributed by atoms with Crippen LogP contribution in [0.4, 0.5) is 0 Å². The lowest BCUT2D eigenvalue weighted by Crippen LogP contribution is -2.23. The summed E-state index contributed by atoms with van der Waals surface area (Å²) < 4.78 is 5.33. The van der Waals surface area contributed by atoms with Crippen molar-refractivity contribution in [3.63, 3.8) is 0 Å². The van der Waals surface area contributed by atoms with Crippen LogP contribution in [0.25, 0.3) is 0 Å². The fourth-order valence-electron chi connectivity index (χ4n) is 1.94. The molecule has 2 aromatic rings. The molecule has 4 heteroatoms. The van der Waals surface area contributed by atoms with Gasteiger partial charge in [-0.2, -0.15) is 0 Å². The minimum absolute atomic E-state index is 0.0592. The average molecular weight is 352 g/mol. The number of hydrogen-bond acceptors (Lipinski definition) is 4. The predicted molar refractivity (Wildman–Crippen MR) is 101 cm³/mol. The van der Waals surface area contributed by atoms with Crippen LogP contribution in [0.5, 0.6) is 0 Å². The molecule has 0 bridgehead atoms. The summed E-state index contributed by atoms with van der Waals surface area (Å²) in [6, 6.07) is 14.5. The van der Waals surface area contributed by atoms with E-state index in [2.05, 4.69) is 11.8 Å². The molecule has 0 N–H and O–H groups in total. The molecule has 0 aromatic heterocycles. The molecule has 0 atom stereocenters. The topological polar surface area (TPSA) is 43.4 Å². The van der Waals surface area contributed by atoms with Crippen molar-refractivity contribution in [1.29, 1.82) is 0 Å². The number of benzene rings is 2. The maximum absolute atomic E-state index is 12.0. The molecule has 0 saturated heterocycles. The molecule has 128 valence electrons. The van der Waals surface area contributed by atoms with E-state index < -0.39 is 5.60 Å². The number of rotatable bonds is 2. The summed E-state index contributed by atoms with van der Waals surface area (Å²) in [5.41, 5.74) is 1.67. The van der Waals surface area contributed by atoms with Gasteiger partial charge in [0.25, 0.3) is 0 Å². The minimum atomic E-state index is -0.512. The quantitative estimate of drug-likeness (QED) is 0.447. The van der Waals surface area contributed by atoms with E-state index in [1.54, 1.807) is 31.2 Å². The highest BCUT2D eigenvalue weighted by molar-refractivity contribution is 8.13. The SMILES string of the molecule is CC(=O)Sc1ccc(C#Cc2ccc(C(=O)OC(C)(C)C)cc2)cc1. The van der Waals surface area contributed by atoms with E-state index in [-0.39, 0.29) is 11.1 Å². The standard InChI is InChI=1S/C21H20O3S/c1-15(22)25-19-13-9-17(10-14-19)6-5-16-7-11-18(12-8-16)20(23)24-21(2,3)4/h7-14H,1-4H3. The summed E-state index contributed by atoms with van der Waals surface area (Å²) >= 11 is 1.20. The molecule has 0 amide bonds. The Hall–Kier alpha value is -2.51. The molecule has 0 aliphatic rings. The van der Waals surface area contributed by atoms with Gasteiger partial charge in [-0.1, -0.05) is 23.6 Å². The molecule has 0 spiro atoms. The third-order valence-corrected chi connectivity index (χ3v) is 3.78. The van der Waals surface area contributed by atoms with Crippen molar-refractivity contribution in [3.8, 4) is 11.8 Å². The molecule has 0 aliphatic carbocycles. The van der Waals surface area contributed by atoms with Crippen LogP contribution in [0.3, 0.4) is 0 Å². The Morgan fingerprint density at radius 1 is 0.880 bits per heavy atom. The van der Waals surface area contributed by atoms with E-state index in [1.807, 2.05) is 45.0 Å². The number of esters is 1. The summed E-state index contributed by atoms with van der Waals surface area (Å²) in [4.78, 5) is 23.9. The van der Waals surface area contributed by atoms with Gasteiger partial charge < -0.3 is 4.74 Å². The highest BCUT2D eigenvalue weighted by Gasteiger charge is 2.17. The van der Waals surface area contributed by atoms with Crippen LogP contribution in [-0.2, 0) is 9.53 Å². The van der Waals surface area contributed by atoms with E-state index in [0.717, 1.165) is 16.0 Å². The summed E-state index contributed by atoms with van der Waals surface area (Å²) in [6.07, 6.45) is 0. The molecular weight excluding hydrogens is 332 g/mol. The number of carbonyl (C=O) groups is 2. The molecule has 0 radical (unpaired) electrons. The molecule has 3 nitrogen and oxygen atoms in total. The van der Waals surface area contributed by atoms with Gasteiger partial charge in [0.05, 0.1) is 5.56 Å². The van der Waals surface area contributed by atoms with Gasteiger partial charge in [-0.15, -0.1) is 0 Å². The van der Waals surface area contributed by atoms with Gasteiger partial charge in [0.2, 0.25) is 0 Å². The molecule has 0 unspecified atom stereocenters. The van der Waals surface area contributed by atoms with Crippen LogP contribution in [-0.4, -0.2) is 16.7 Å². The van der Waals surface area contributed by atoms with E-state index in [0.29, 0.717) is 5.56 Å². The lowest BCUT2D eigenvalue weighted by molar-refractivity contribution is -0.109. The number of ether oxygens (including phenoxy) is 1. The van der Waals surface area contributed by atoms with E-state index >= 15 is 0 Å². The van der Waals surface area contributed by atoms with Crippen LogP contribution >= 0.6 is 11.8 Å². The second-order valence-electron chi connectivity index (χ2n) is 6.45. The first-order valence-electron chi connectivity index (χ1n) is 7.87. The van der Waals surface area contributed by atoms with Crippen molar-refractivity contribution in [2.75, 3.05) is 0 Å². The summed E-state index contributed by atoms with van der Waals surface area (Å²) in [5.74, 6) is 5.79. The zero-order valence-corrected chi connectivity index (χ0v) is 15.6. The van der Waals surface area contributed by atoms with E-state index in [1.165, 1.54) is 11.8 Å². The Kier molecular flexibility index (Phi) is 6.06. The number of hydrogen-bond donors (Lipinski definition) is 0. The molecule has 0 saturated carbocycles. The van der Waals surface area contributed by atoms with Crippen molar-refractivity contribution >= 4 is 22.8 Å². The molecule has 2 aromatic carbocycles. The lowest BCUT2D eigenvalue weighted by atomic mass is 10.1. The van der Waals surface area contributed by atoms with Crippen LogP contribution in [0.15, 0.2) is 53.4 Å². The Labute approximate surface area is 152 Å². The van der Waals surface area contributed by atoms with Crippen molar-refractivity contribution in [1.82, 2.24) is 0 Å². The highest BCUT2D eigenvalue weighted by Crippen LogP contribution is 2.18. The maximum atomic E-state index is 12.0. The van der Waals surface area contributed by atoms with Gasteiger partial charge in [0.1, 0.15) is 5.60 Å². The van der Waals surface area contributed by atoms with Gasteiger partial charge in [-0.25, -0.2) is 4.79 Å². The van der Waals surface area contributed by atoms with Crippen molar-refractivity contribution in [2.45, 2.75) is 38.2 Å². The first-order valence-corrected chi connectivity index (χ1v) is 8.68. The normalized spacial score (nSPS) is 10.6. The highest BCUT2D eigenvalue weighted by atomic mass is 32.2. The minimum Gasteiger partial charge on any atom is -0.456 e. The van der Waals surface area contributed by atoms with E-state index in [9.17, 15) is 9.59 Å². The summed E-state index contributed by atoms with van der Waals surface area (Å²) in [5, 5.41) is 0.0592. The van der Waals surface area contributed by atoms with Crippen molar-refractivity contribution < 1.29 is 14.3 Å². The third-order valence-electron chi connectivity index (χ3n) is 2.99. The van der Waals surface area contributed by atoms with Gasteiger partial charge in [-0.3, -0.25) is 4.79 Å². The van der Waals surface area contributed by atoms with E-state index in [4.69, 9.17) is 4.74 Å². The largest absolute Gasteiger partial charge is 0.456 e. The van der Waals surface area contributed by atoms with Gasteiger partial charge in [0.15, 0.2) is 5.12 Å². The fraction of sp³-hybridized carbons (Fsp3) is 0.238. The van der Waals surface area contributed by atoms with Gasteiger partial charge in [0, 0.05) is 22.9 Å². The fourth-order valence-corrected chi connectivity index (χ4v) is 2.55. The second kappa shape index (κ2) is 8.04. The Morgan fingerprint density at radius 3 is 1.80 bits per heavy atom. The zero-order chi connectivity index (χ0) is 18.4. The Morgan fingerprint density at radius 2 is 1.36 bits per heavy atom. The van der Waals surface area contributed by atoms with Gasteiger partial charge in [-0.05, 0) is 69.3 Å². The third kappa shape index (κ3) is 6.48. The van der Waals surface area contributed by atoms with Crippen LogP contribution in [0, 0.1) is 11.8 Å². The van der Waals surface area contributed by atoms with Crippen LogP contribution in [0.2, 0.25) is 0 Å². The number of thioether (sulfide) groups is 1. The Balaban J connectivity index is 2.05. The number of carbonyl (C=O) groups excluding carboxylic acids is 2. The summed E-state index contributed by atoms with van der Waals surface area (Å²) in [7, 11) is 0. The average Bonchev–Trinajstić information content (AvgIpc) is 2.52. The molecule has 2 rings (SSSR count). The lowest BCUT2D eigenvalue weighted by Gasteiger charge is -2.19. The molecule has 0 heterocycles. The van der Waals surface area contributed by atoms with Crippen LogP contribution in [0.1, 0.15) is 49.2 Å². The predicted octanol–water partition coefficient (Wildman–Crippen LogP) is 4.68. The van der Waals surface area contributed by atoms with Crippen LogP contribution < -0.4 is 0 Å². The smallest absolute Gasteiger partial charge is 0.338 e. The summed E-state index contributed by atoms with van der Waals surface area (Å²) in [6.45, 7) is 7.06. The molecule has 0 fully saturated rings. The first kappa shape index (κ1) is 18.8. The zero-order valence-electron chi connectivity index (χ0n) is 14.8. The second-order valence-corrected chi connectivity index (χ2v) is 7.70. The Bertz CT molecular complexity index is 817. The maximum Gasteiger partial charge on any atom is 0.338 e. The molecule has 0 aliphatic heterocycles. The van der Waals surface area contributed by atoms with Gasteiger partial charge >= 0.3 is 5.97 Å². The van der Waals surface area contributed by atoms with Crippen molar-refractivity contribution in [3.05, 3.63) is 65.2 Å². The first-order chi connectivity index (χ1) is 11.7. The van der Waals surface area contributed by atoms with Crippen molar-refractivity contribution in [2.24, 2.45) is 0 Å². The molecule has 25 heavy (non-hydrogen) atoms.